The molecule has 1 fully saturated rings. The molecule has 1 aliphatic heterocycles. The maximum Gasteiger partial charge on any atom is 0.256 e. The number of hydrogen-bond donors (Lipinski definition) is 1. The van der Waals surface area contributed by atoms with Crippen molar-refractivity contribution in [3.63, 3.8) is 0 Å². The van der Waals surface area contributed by atoms with E-state index in [-0.39, 0.29) is 12.5 Å². The molecule has 0 radical (unpaired) electrons. The van der Waals surface area contributed by atoms with Gasteiger partial charge >= 0.3 is 0 Å². The van der Waals surface area contributed by atoms with Gasteiger partial charge in [-0.25, -0.2) is 0 Å². The number of rotatable bonds is 5. The molecule has 6 nitrogen and oxygen atoms in total. The van der Waals surface area contributed by atoms with Gasteiger partial charge in [-0.1, -0.05) is 36.4 Å². The first-order valence-electron chi connectivity index (χ1n) is 10.1. The fourth-order valence-corrected chi connectivity index (χ4v) is 3.88. The molecule has 0 spiro atoms. The fraction of sp³-hybridized carbons (Fsp3) is 0.250. The highest BCUT2D eigenvalue weighted by Gasteiger charge is 2.25. The molecule has 6 heteroatoms. The Hall–Kier alpha value is -3.56. The summed E-state index contributed by atoms with van der Waals surface area (Å²) in [4.78, 5) is 17.4. The highest BCUT2D eigenvalue weighted by atomic mass is 16.3. The third-order valence-corrected chi connectivity index (χ3v) is 5.46. The van der Waals surface area contributed by atoms with E-state index in [0.29, 0.717) is 30.8 Å². The number of amides is 1. The fourth-order valence-electron chi connectivity index (χ4n) is 3.88. The second-order valence-corrected chi connectivity index (χ2v) is 7.35. The van der Waals surface area contributed by atoms with Crippen LogP contribution in [0.2, 0.25) is 0 Å². The number of nitrogens with zero attached hydrogens (tertiary/aromatic N) is 4. The van der Waals surface area contributed by atoms with Crippen LogP contribution in [0.25, 0.3) is 11.1 Å². The Morgan fingerprint density at radius 3 is 2.47 bits per heavy atom. The molecule has 4 rings (SSSR count). The van der Waals surface area contributed by atoms with E-state index in [1.54, 1.807) is 6.07 Å². The van der Waals surface area contributed by atoms with Crippen LogP contribution in [0.3, 0.4) is 0 Å². The van der Waals surface area contributed by atoms with Crippen LogP contribution in [0.4, 0.5) is 5.69 Å². The topological polar surface area (TPSA) is 72.5 Å². The Kier molecular flexibility index (Phi) is 5.82. The summed E-state index contributed by atoms with van der Waals surface area (Å²) in [5.41, 5.74) is 4.20. The van der Waals surface area contributed by atoms with Crippen LogP contribution >= 0.6 is 0 Å². The minimum absolute atomic E-state index is 0.0102. The van der Waals surface area contributed by atoms with Crippen molar-refractivity contribution in [1.29, 1.82) is 5.26 Å². The maximum atomic E-state index is 13.3. The van der Waals surface area contributed by atoms with E-state index < -0.39 is 0 Å². The summed E-state index contributed by atoms with van der Waals surface area (Å²) in [6.07, 6.45) is 3.77. The van der Waals surface area contributed by atoms with E-state index in [4.69, 9.17) is 5.26 Å². The molecule has 0 saturated carbocycles. The summed E-state index contributed by atoms with van der Waals surface area (Å²) in [5, 5.41) is 18.4. The number of aromatic nitrogens is 1. The summed E-state index contributed by atoms with van der Waals surface area (Å²) in [5.74, 6) is 0.0102. The third kappa shape index (κ3) is 4.07. The molecule has 1 amide bonds. The predicted molar refractivity (Wildman–Crippen MR) is 116 cm³/mol. The van der Waals surface area contributed by atoms with Crippen molar-refractivity contribution in [2.75, 3.05) is 37.7 Å². The molecule has 2 heterocycles. The molecule has 1 aromatic heterocycles. The third-order valence-electron chi connectivity index (χ3n) is 5.46. The first-order valence-corrected chi connectivity index (χ1v) is 10.1. The average Bonchev–Trinajstić information content (AvgIpc) is 3.23. The van der Waals surface area contributed by atoms with Crippen LogP contribution in [-0.2, 0) is 6.54 Å². The lowest BCUT2D eigenvalue weighted by atomic mass is 10.0. The normalized spacial score (nSPS) is 13.9. The largest absolute Gasteiger partial charge is 0.395 e. The number of aliphatic hydroxyl groups excluding tert-OH is 1. The summed E-state index contributed by atoms with van der Waals surface area (Å²) in [7, 11) is 0. The van der Waals surface area contributed by atoms with Gasteiger partial charge in [0, 0.05) is 56.4 Å². The lowest BCUT2D eigenvalue weighted by Gasteiger charge is -2.36. The molecule has 3 aromatic rings. The van der Waals surface area contributed by atoms with E-state index in [2.05, 4.69) is 11.0 Å². The number of anilines is 1. The van der Waals surface area contributed by atoms with Gasteiger partial charge < -0.3 is 19.5 Å². The van der Waals surface area contributed by atoms with Crippen molar-refractivity contribution < 1.29 is 9.90 Å². The Morgan fingerprint density at radius 1 is 1.00 bits per heavy atom. The Morgan fingerprint density at radius 2 is 1.77 bits per heavy atom. The second kappa shape index (κ2) is 8.85. The number of carbonyl (C=O) groups is 1. The molecule has 0 bridgehead atoms. The summed E-state index contributed by atoms with van der Waals surface area (Å²) in [6.45, 7) is 3.16. The lowest BCUT2D eigenvalue weighted by molar-refractivity contribution is 0.0747. The molecular formula is C24H24N4O2. The SMILES string of the molecule is N#Cc1cccc(N2CCN(C(=O)c3cn(CCO)cc3-c3ccccc3)CC2)c1. The van der Waals surface area contributed by atoms with Crippen LogP contribution in [0.1, 0.15) is 15.9 Å². The highest BCUT2D eigenvalue weighted by Crippen LogP contribution is 2.27. The van der Waals surface area contributed by atoms with Gasteiger partial charge in [-0.3, -0.25) is 4.79 Å². The number of aliphatic hydroxyl groups is 1. The quantitative estimate of drug-likeness (QED) is 0.715. The van der Waals surface area contributed by atoms with E-state index in [1.807, 2.05) is 70.4 Å². The van der Waals surface area contributed by atoms with Crippen LogP contribution in [0.5, 0.6) is 0 Å². The van der Waals surface area contributed by atoms with Gasteiger partial charge in [-0.05, 0) is 23.8 Å². The monoisotopic (exact) mass is 400 g/mol. The molecule has 0 aliphatic carbocycles. The van der Waals surface area contributed by atoms with Gasteiger partial charge in [0.15, 0.2) is 0 Å². The van der Waals surface area contributed by atoms with Crippen LogP contribution in [0, 0.1) is 11.3 Å². The van der Waals surface area contributed by atoms with Crippen molar-refractivity contribution in [3.8, 4) is 17.2 Å². The zero-order valence-corrected chi connectivity index (χ0v) is 16.7. The standard InChI is InChI=1S/C24H24N4O2/c25-16-19-5-4-8-21(15-19)27-9-11-28(12-10-27)24(30)23-18-26(13-14-29)17-22(23)20-6-2-1-3-7-20/h1-8,15,17-18,29H,9-14H2. The van der Waals surface area contributed by atoms with E-state index in [1.165, 1.54) is 0 Å². The van der Waals surface area contributed by atoms with E-state index in [9.17, 15) is 9.90 Å². The van der Waals surface area contributed by atoms with Crippen molar-refractivity contribution in [3.05, 3.63) is 78.1 Å². The van der Waals surface area contributed by atoms with Gasteiger partial charge in [0.05, 0.1) is 23.8 Å². The Labute approximate surface area is 176 Å². The van der Waals surface area contributed by atoms with Gasteiger partial charge in [0.2, 0.25) is 0 Å². The minimum Gasteiger partial charge on any atom is -0.395 e. The summed E-state index contributed by atoms with van der Waals surface area (Å²) < 4.78 is 1.87. The molecule has 1 saturated heterocycles. The molecule has 30 heavy (non-hydrogen) atoms. The summed E-state index contributed by atoms with van der Waals surface area (Å²) in [6, 6.07) is 19.6. The first kappa shape index (κ1) is 19.7. The minimum atomic E-state index is 0.0102. The maximum absolute atomic E-state index is 13.3. The van der Waals surface area contributed by atoms with Crippen molar-refractivity contribution in [2.24, 2.45) is 0 Å². The zero-order valence-electron chi connectivity index (χ0n) is 16.7. The number of piperazine rings is 1. The predicted octanol–water partition coefficient (Wildman–Crippen LogP) is 2.98. The first-order chi connectivity index (χ1) is 14.7. The van der Waals surface area contributed by atoms with Gasteiger partial charge in [-0.15, -0.1) is 0 Å². The van der Waals surface area contributed by atoms with Gasteiger partial charge in [0.25, 0.3) is 5.91 Å². The number of carbonyl (C=O) groups excluding carboxylic acids is 1. The van der Waals surface area contributed by atoms with Gasteiger partial charge in [0.1, 0.15) is 0 Å². The zero-order chi connectivity index (χ0) is 20.9. The Balaban J connectivity index is 1.52. The van der Waals surface area contributed by atoms with Crippen molar-refractivity contribution in [1.82, 2.24) is 9.47 Å². The average molecular weight is 400 g/mol. The molecule has 0 atom stereocenters. The number of hydrogen-bond acceptors (Lipinski definition) is 4. The van der Waals surface area contributed by atoms with Crippen LogP contribution in [0.15, 0.2) is 67.0 Å². The molecule has 1 N–H and O–H groups in total. The molecule has 2 aromatic carbocycles. The molecule has 1 aliphatic rings. The molecule has 152 valence electrons. The van der Waals surface area contributed by atoms with Crippen molar-refractivity contribution >= 4 is 11.6 Å². The van der Waals surface area contributed by atoms with E-state index >= 15 is 0 Å². The van der Waals surface area contributed by atoms with Crippen LogP contribution < -0.4 is 4.90 Å². The smallest absolute Gasteiger partial charge is 0.256 e. The van der Waals surface area contributed by atoms with Crippen LogP contribution in [-0.4, -0.2) is 53.3 Å². The number of benzene rings is 2. The van der Waals surface area contributed by atoms with Crippen molar-refractivity contribution in [2.45, 2.75) is 6.54 Å². The van der Waals surface area contributed by atoms with E-state index in [0.717, 1.165) is 29.9 Å². The second-order valence-electron chi connectivity index (χ2n) is 7.35. The molecular weight excluding hydrogens is 376 g/mol. The van der Waals surface area contributed by atoms with Gasteiger partial charge in [-0.2, -0.15) is 5.26 Å². The Bertz CT molecular complexity index is 1060. The lowest BCUT2D eigenvalue weighted by Crippen LogP contribution is -2.48. The highest BCUT2D eigenvalue weighted by molar-refractivity contribution is 6.01. The summed E-state index contributed by atoms with van der Waals surface area (Å²) >= 11 is 0. The molecule has 0 unspecified atom stereocenters. The number of nitriles is 1.